The van der Waals surface area contributed by atoms with E-state index in [0.717, 1.165) is 49.4 Å². The van der Waals surface area contributed by atoms with Crippen LogP contribution in [0.3, 0.4) is 0 Å². The Morgan fingerprint density at radius 1 is 1.00 bits per heavy atom. The zero-order valence-corrected chi connectivity index (χ0v) is 20.4. The second-order valence-electron chi connectivity index (χ2n) is 8.37. The molecule has 12 heteroatoms. The molecule has 3 aromatic rings. The summed E-state index contributed by atoms with van der Waals surface area (Å²) in [4.78, 5) is 16.8. The first-order valence-corrected chi connectivity index (χ1v) is 12.2. The quantitative estimate of drug-likeness (QED) is 0.326. The summed E-state index contributed by atoms with van der Waals surface area (Å²) in [6, 6.07) is 9.70. The average molecular weight is 512 g/mol. The van der Waals surface area contributed by atoms with Crippen molar-refractivity contribution >= 4 is 46.6 Å². The molecule has 0 amide bonds. The van der Waals surface area contributed by atoms with Crippen LogP contribution in [0.2, 0.25) is 5.02 Å². The minimum Gasteiger partial charge on any atom is -0.378 e. The van der Waals surface area contributed by atoms with Gasteiger partial charge in [0, 0.05) is 55.7 Å². The molecule has 2 aliphatic heterocycles. The fraction of sp³-hybridized carbons (Fsp3) is 0.333. The number of hydrazone groups is 1. The Morgan fingerprint density at radius 3 is 2.61 bits per heavy atom. The highest BCUT2D eigenvalue weighted by molar-refractivity contribution is 6.31. The predicted molar refractivity (Wildman–Crippen MR) is 140 cm³/mol. The lowest BCUT2D eigenvalue weighted by molar-refractivity contribution is 0.122. The molecule has 0 spiro atoms. The van der Waals surface area contributed by atoms with E-state index in [-0.39, 0.29) is 11.8 Å². The lowest BCUT2D eigenvalue weighted by Gasteiger charge is -2.30. The van der Waals surface area contributed by atoms with Crippen LogP contribution >= 0.6 is 11.6 Å². The third-order valence-electron chi connectivity index (χ3n) is 5.84. The first-order valence-electron chi connectivity index (χ1n) is 11.8. The van der Waals surface area contributed by atoms with E-state index in [0.29, 0.717) is 37.0 Å². The molecule has 0 radical (unpaired) electrons. The number of aromatic nitrogens is 3. The average Bonchev–Trinajstić information content (AvgIpc) is 2.91. The van der Waals surface area contributed by atoms with Crippen LogP contribution in [-0.2, 0) is 4.74 Å². The Balaban J connectivity index is 1.20. The van der Waals surface area contributed by atoms with E-state index in [2.05, 4.69) is 47.1 Å². The van der Waals surface area contributed by atoms with Crippen molar-refractivity contribution in [2.75, 3.05) is 73.0 Å². The van der Waals surface area contributed by atoms with Gasteiger partial charge in [-0.25, -0.2) is 14.8 Å². The van der Waals surface area contributed by atoms with Gasteiger partial charge in [-0.15, -0.1) is 0 Å². The third-order valence-corrected chi connectivity index (χ3v) is 6.06. The Morgan fingerprint density at radius 2 is 1.83 bits per heavy atom. The van der Waals surface area contributed by atoms with Gasteiger partial charge in [0.05, 0.1) is 43.2 Å². The second-order valence-corrected chi connectivity index (χ2v) is 8.80. The highest BCUT2D eigenvalue weighted by Gasteiger charge is 2.17. The van der Waals surface area contributed by atoms with Gasteiger partial charge in [-0.2, -0.15) is 10.1 Å². The number of benzene rings is 1. The van der Waals surface area contributed by atoms with Gasteiger partial charge in [-0.1, -0.05) is 11.6 Å². The molecule has 188 valence electrons. The molecular weight excluding hydrogens is 485 g/mol. The van der Waals surface area contributed by atoms with Gasteiger partial charge < -0.3 is 25.2 Å². The summed E-state index contributed by atoms with van der Waals surface area (Å²) >= 11 is 6.37. The highest BCUT2D eigenvalue weighted by atomic mass is 35.5. The van der Waals surface area contributed by atoms with Crippen molar-refractivity contribution in [1.29, 1.82) is 0 Å². The number of anilines is 5. The summed E-state index contributed by atoms with van der Waals surface area (Å²) in [5.41, 5.74) is 6.19. The number of morpholine rings is 1. The molecule has 3 N–H and O–H groups in total. The molecule has 2 fully saturated rings. The third kappa shape index (κ3) is 6.17. The number of halogens is 2. The molecule has 4 heterocycles. The number of hydrogen-bond donors (Lipinski definition) is 3. The zero-order chi connectivity index (χ0) is 24.7. The van der Waals surface area contributed by atoms with Crippen LogP contribution in [0.1, 0.15) is 5.69 Å². The normalized spacial score (nSPS) is 16.4. The van der Waals surface area contributed by atoms with E-state index >= 15 is 0 Å². The Kier molecular flexibility index (Phi) is 7.70. The molecule has 5 rings (SSSR count). The van der Waals surface area contributed by atoms with Crippen molar-refractivity contribution in [1.82, 2.24) is 20.3 Å². The van der Waals surface area contributed by atoms with Crippen LogP contribution in [0.5, 0.6) is 0 Å². The summed E-state index contributed by atoms with van der Waals surface area (Å²) in [5, 5.41) is 11.5. The van der Waals surface area contributed by atoms with Crippen LogP contribution in [0.4, 0.5) is 33.2 Å². The smallest absolute Gasteiger partial charge is 0.245 e. The van der Waals surface area contributed by atoms with Gasteiger partial charge in [-0.3, -0.25) is 4.98 Å². The molecule has 10 nitrogen and oxygen atoms in total. The van der Waals surface area contributed by atoms with Gasteiger partial charge >= 0.3 is 0 Å². The fourth-order valence-corrected chi connectivity index (χ4v) is 4.27. The summed E-state index contributed by atoms with van der Waals surface area (Å²) in [6.45, 7) is 6.03. The van der Waals surface area contributed by atoms with Gasteiger partial charge in [0.25, 0.3) is 0 Å². The molecule has 0 bridgehead atoms. The molecule has 1 aromatic carbocycles. The SMILES string of the molecule is Fc1cnc(N/N=C/c2ccc(Nc3cc(Cl)cc(N4CCNCC4)c3)cn2)nc1N1CCOCC1. The molecule has 36 heavy (non-hydrogen) atoms. The van der Waals surface area contributed by atoms with Crippen molar-refractivity contribution < 1.29 is 9.13 Å². The Hall–Kier alpha value is -3.54. The molecule has 2 aliphatic rings. The van der Waals surface area contributed by atoms with Crippen LogP contribution in [-0.4, -0.2) is 73.6 Å². The van der Waals surface area contributed by atoms with Crippen molar-refractivity contribution in [3.63, 3.8) is 0 Å². The molecule has 2 saturated heterocycles. The van der Waals surface area contributed by atoms with Gasteiger partial charge in [-0.05, 0) is 30.3 Å². The lowest BCUT2D eigenvalue weighted by atomic mass is 10.2. The van der Waals surface area contributed by atoms with Crippen LogP contribution in [0.25, 0.3) is 0 Å². The van der Waals surface area contributed by atoms with E-state index in [4.69, 9.17) is 16.3 Å². The number of piperazine rings is 1. The number of rotatable bonds is 7. The molecule has 0 saturated carbocycles. The maximum absolute atomic E-state index is 14.2. The number of pyridine rings is 1. The minimum atomic E-state index is -0.476. The van der Waals surface area contributed by atoms with Crippen molar-refractivity contribution in [3.8, 4) is 0 Å². The number of ether oxygens (including phenoxy) is 1. The molecule has 0 aliphatic carbocycles. The topological polar surface area (TPSA) is 103 Å². The molecule has 0 atom stereocenters. The summed E-state index contributed by atoms with van der Waals surface area (Å²) in [7, 11) is 0. The van der Waals surface area contributed by atoms with E-state index in [1.807, 2.05) is 29.2 Å². The monoisotopic (exact) mass is 511 g/mol. The van der Waals surface area contributed by atoms with E-state index in [1.165, 1.54) is 0 Å². The largest absolute Gasteiger partial charge is 0.378 e. The zero-order valence-electron chi connectivity index (χ0n) is 19.6. The Labute approximate surface area is 213 Å². The first kappa shape index (κ1) is 24.2. The van der Waals surface area contributed by atoms with Crippen molar-refractivity contribution in [2.24, 2.45) is 5.10 Å². The number of nitrogens with one attached hydrogen (secondary N) is 3. The number of hydrogen-bond acceptors (Lipinski definition) is 10. The Bertz CT molecular complexity index is 1200. The molecule has 2 aromatic heterocycles. The maximum Gasteiger partial charge on any atom is 0.245 e. The fourth-order valence-electron chi connectivity index (χ4n) is 4.04. The van der Waals surface area contributed by atoms with Gasteiger partial charge in [0.15, 0.2) is 11.6 Å². The van der Waals surface area contributed by atoms with Gasteiger partial charge in [0.1, 0.15) is 0 Å². The van der Waals surface area contributed by atoms with E-state index in [1.54, 1.807) is 12.4 Å². The minimum absolute atomic E-state index is 0.202. The summed E-state index contributed by atoms with van der Waals surface area (Å²) < 4.78 is 19.5. The summed E-state index contributed by atoms with van der Waals surface area (Å²) in [6.07, 6.45) is 4.41. The van der Waals surface area contributed by atoms with Crippen LogP contribution < -0.4 is 25.9 Å². The maximum atomic E-state index is 14.2. The molecule has 0 unspecified atom stereocenters. The van der Waals surface area contributed by atoms with Crippen LogP contribution in [0, 0.1) is 5.82 Å². The summed E-state index contributed by atoms with van der Waals surface area (Å²) in [5.74, 6) is -0.0368. The van der Waals surface area contributed by atoms with Crippen molar-refractivity contribution in [3.05, 3.63) is 59.3 Å². The predicted octanol–water partition coefficient (Wildman–Crippen LogP) is 3.10. The molecular formula is C24H27ClFN9O. The number of nitrogens with zero attached hydrogens (tertiary/aromatic N) is 6. The first-order chi connectivity index (χ1) is 17.6. The van der Waals surface area contributed by atoms with E-state index in [9.17, 15) is 4.39 Å². The van der Waals surface area contributed by atoms with Gasteiger partial charge in [0.2, 0.25) is 5.95 Å². The lowest BCUT2D eigenvalue weighted by Crippen LogP contribution is -2.43. The second kappa shape index (κ2) is 11.5. The van der Waals surface area contributed by atoms with E-state index < -0.39 is 5.82 Å². The highest BCUT2D eigenvalue weighted by Crippen LogP contribution is 2.28. The standard InChI is InChI=1S/C24H27ClFN9O/c25-17-11-20(13-21(12-17)34-5-3-27-4-6-34)31-19-2-1-18(28-14-19)15-30-33-24-29-16-22(26)23(32-24)35-7-9-36-10-8-35/h1-2,11-16,27,31H,3-10H2,(H,29,32,33)/b30-15+. The van der Waals surface area contributed by atoms with Crippen LogP contribution in [0.15, 0.2) is 47.8 Å². The van der Waals surface area contributed by atoms with Crippen molar-refractivity contribution in [2.45, 2.75) is 0 Å².